The lowest BCUT2D eigenvalue weighted by Gasteiger charge is -2.11. The number of nitrogens with one attached hydrogen (secondary N) is 2. The van der Waals surface area contributed by atoms with Crippen LogP contribution in [0.3, 0.4) is 0 Å². The molecular weight excluding hydrogens is 410 g/mol. The monoisotopic (exact) mass is 429 g/mol. The summed E-state index contributed by atoms with van der Waals surface area (Å²) in [6, 6.07) is 6.80. The number of ether oxygens (including phenoxy) is 3. The highest BCUT2D eigenvalue weighted by atomic mass is 32.2. The number of aromatic amines is 1. The molecule has 2 aliphatic rings. The number of rotatable bonds is 6. The van der Waals surface area contributed by atoms with E-state index in [-0.39, 0.29) is 30.1 Å². The molecule has 4 heterocycles. The number of aromatic nitrogens is 4. The van der Waals surface area contributed by atoms with Crippen LogP contribution in [0.2, 0.25) is 0 Å². The van der Waals surface area contributed by atoms with Gasteiger partial charge in [-0.1, -0.05) is 11.8 Å². The summed E-state index contributed by atoms with van der Waals surface area (Å²) in [5.41, 5.74) is 0.849. The molecule has 1 atom stereocenters. The van der Waals surface area contributed by atoms with Gasteiger partial charge in [-0.05, 0) is 31.0 Å². The minimum atomic E-state index is -0.295. The quantitative estimate of drug-likeness (QED) is 0.561. The zero-order chi connectivity index (χ0) is 20.5. The summed E-state index contributed by atoms with van der Waals surface area (Å²) >= 11 is 1.22. The molecule has 2 aliphatic heterocycles. The Morgan fingerprint density at radius 2 is 2.17 bits per heavy atom. The maximum atomic E-state index is 12.3. The Morgan fingerprint density at radius 1 is 1.27 bits per heavy atom. The van der Waals surface area contributed by atoms with Crippen molar-refractivity contribution in [1.29, 1.82) is 0 Å². The topological polar surface area (TPSA) is 120 Å². The third kappa shape index (κ3) is 3.85. The van der Waals surface area contributed by atoms with Crippen molar-refractivity contribution in [2.75, 3.05) is 25.7 Å². The number of thioether (sulfide) groups is 1. The first kappa shape index (κ1) is 18.9. The molecule has 1 saturated heterocycles. The predicted molar refractivity (Wildman–Crippen MR) is 108 cm³/mol. The molecule has 1 fully saturated rings. The van der Waals surface area contributed by atoms with Crippen LogP contribution in [-0.2, 0) is 9.53 Å². The van der Waals surface area contributed by atoms with Crippen LogP contribution in [0.1, 0.15) is 12.8 Å². The summed E-state index contributed by atoms with van der Waals surface area (Å²) in [5, 5.41) is 6.01. The summed E-state index contributed by atoms with van der Waals surface area (Å²) in [7, 11) is 0. The predicted octanol–water partition coefficient (Wildman–Crippen LogP) is 1.20. The second kappa shape index (κ2) is 8.00. The van der Waals surface area contributed by atoms with Crippen LogP contribution in [0.15, 0.2) is 34.2 Å². The van der Waals surface area contributed by atoms with Crippen molar-refractivity contribution in [1.82, 2.24) is 24.9 Å². The van der Waals surface area contributed by atoms with Crippen LogP contribution in [0.5, 0.6) is 11.5 Å². The fraction of sp³-hybridized carbons (Fsp3) is 0.368. The third-order valence-corrected chi connectivity index (χ3v) is 5.78. The van der Waals surface area contributed by atoms with Gasteiger partial charge in [-0.2, -0.15) is 0 Å². The number of H-pyrrole nitrogens is 1. The van der Waals surface area contributed by atoms with E-state index in [1.165, 1.54) is 22.3 Å². The summed E-state index contributed by atoms with van der Waals surface area (Å²) in [6.45, 7) is 1.42. The van der Waals surface area contributed by atoms with Gasteiger partial charge in [0.2, 0.25) is 12.7 Å². The largest absolute Gasteiger partial charge is 0.454 e. The summed E-state index contributed by atoms with van der Waals surface area (Å²) in [6.07, 6.45) is 2.07. The van der Waals surface area contributed by atoms with Gasteiger partial charge in [0.25, 0.3) is 5.56 Å². The Bertz CT molecular complexity index is 1150. The van der Waals surface area contributed by atoms with Crippen LogP contribution >= 0.6 is 11.8 Å². The van der Waals surface area contributed by atoms with Crippen LogP contribution in [0.25, 0.3) is 17.0 Å². The standard InChI is InChI=1S/C19H19N5O5S/c25-16-7-15-21-18(11-3-4-13-14(6-11)29-10-28-13)22-19(24(15)23-16)30-9-17(26)20-8-12-2-1-5-27-12/h3-4,6-7,12H,1-2,5,8-10H2,(H,20,26)(H,23,25). The van der Waals surface area contributed by atoms with Gasteiger partial charge in [0.15, 0.2) is 28.1 Å². The highest BCUT2D eigenvalue weighted by molar-refractivity contribution is 7.99. The Kier molecular flexibility index (Phi) is 5.05. The Labute approximate surface area is 174 Å². The van der Waals surface area contributed by atoms with Gasteiger partial charge in [-0.3, -0.25) is 14.7 Å². The van der Waals surface area contributed by atoms with Gasteiger partial charge < -0.3 is 19.5 Å². The fourth-order valence-corrected chi connectivity index (χ4v) is 4.14. The van der Waals surface area contributed by atoms with Crippen molar-refractivity contribution in [2.45, 2.75) is 24.1 Å². The molecule has 30 heavy (non-hydrogen) atoms. The minimum Gasteiger partial charge on any atom is -0.454 e. The minimum absolute atomic E-state index is 0.0862. The molecular formula is C19H19N5O5S. The van der Waals surface area contributed by atoms with E-state index in [4.69, 9.17) is 14.2 Å². The Hall–Kier alpha value is -3.05. The van der Waals surface area contributed by atoms with Crippen molar-refractivity contribution in [2.24, 2.45) is 0 Å². The van der Waals surface area contributed by atoms with Crippen LogP contribution < -0.4 is 20.3 Å². The number of fused-ring (bicyclic) bond motifs is 2. The number of hydrogen-bond donors (Lipinski definition) is 2. The normalized spacial score (nSPS) is 17.5. The van der Waals surface area contributed by atoms with Gasteiger partial charge in [-0.25, -0.2) is 14.5 Å². The summed E-state index contributed by atoms with van der Waals surface area (Å²) in [4.78, 5) is 33.1. The highest BCUT2D eigenvalue weighted by Gasteiger charge is 2.19. The van der Waals surface area contributed by atoms with Gasteiger partial charge in [0.1, 0.15) is 0 Å². The molecule has 1 amide bonds. The van der Waals surface area contributed by atoms with Crippen molar-refractivity contribution in [3.8, 4) is 22.9 Å². The molecule has 0 saturated carbocycles. The molecule has 1 unspecified atom stereocenters. The first-order valence-corrected chi connectivity index (χ1v) is 10.6. The molecule has 1 aromatic carbocycles. The molecule has 0 radical (unpaired) electrons. The maximum Gasteiger partial charge on any atom is 0.266 e. The number of nitrogens with zero attached hydrogens (tertiary/aromatic N) is 3. The average molecular weight is 429 g/mol. The molecule has 0 bridgehead atoms. The lowest BCUT2D eigenvalue weighted by Crippen LogP contribution is -2.33. The summed E-state index contributed by atoms with van der Waals surface area (Å²) < 4.78 is 17.8. The smallest absolute Gasteiger partial charge is 0.266 e. The van der Waals surface area contributed by atoms with Gasteiger partial charge in [0.05, 0.1) is 11.9 Å². The van der Waals surface area contributed by atoms with E-state index in [1.54, 1.807) is 12.1 Å². The van der Waals surface area contributed by atoms with Crippen LogP contribution in [0, 0.1) is 0 Å². The molecule has 156 valence electrons. The molecule has 2 N–H and O–H groups in total. The maximum absolute atomic E-state index is 12.3. The number of benzene rings is 1. The van der Waals surface area contributed by atoms with E-state index in [2.05, 4.69) is 20.4 Å². The Morgan fingerprint density at radius 3 is 3.03 bits per heavy atom. The Balaban J connectivity index is 1.37. The van der Waals surface area contributed by atoms with E-state index >= 15 is 0 Å². The molecule has 5 rings (SSSR count). The zero-order valence-corrected chi connectivity index (χ0v) is 16.7. The van der Waals surface area contributed by atoms with E-state index in [9.17, 15) is 9.59 Å². The van der Waals surface area contributed by atoms with Gasteiger partial charge >= 0.3 is 0 Å². The van der Waals surface area contributed by atoms with Crippen molar-refractivity contribution in [3.63, 3.8) is 0 Å². The van der Waals surface area contributed by atoms with Crippen LogP contribution in [-0.4, -0.2) is 57.3 Å². The van der Waals surface area contributed by atoms with Crippen molar-refractivity contribution >= 4 is 23.3 Å². The lowest BCUT2D eigenvalue weighted by molar-refractivity contribution is -0.119. The van der Waals surface area contributed by atoms with E-state index in [1.807, 2.05) is 6.07 Å². The molecule has 2 aromatic heterocycles. The highest BCUT2D eigenvalue weighted by Crippen LogP contribution is 2.35. The zero-order valence-electron chi connectivity index (χ0n) is 15.9. The lowest BCUT2D eigenvalue weighted by atomic mass is 10.2. The average Bonchev–Trinajstić information content (AvgIpc) is 3.49. The van der Waals surface area contributed by atoms with E-state index in [0.717, 1.165) is 25.0 Å². The summed E-state index contributed by atoms with van der Waals surface area (Å²) in [5.74, 6) is 1.73. The fourth-order valence-electron chi connectivity index (χ4n) is 3.36. The van der Waals surface area contributed by atoms with E-state index in [0.29, 0.717) is 34.7 Å². The third-order valence-electron chi connectivity index (χ3n) is 4.84. The number of carbonyl (C=O) groups is 1. The number of amides is 1. The second-order valence-corrected chi connectivity index (χ2v) is 7.88. The van der Waals surface area contributed by atoms with E-state index < -0.39 is 0 Å². The van der Waals surface area contributed by atoms with Gasteiger partial charge in [0, 0.05) is 24.8 Å². The molecule has 11 heteroatoms. The molecule has 0 aliphatic carbocycles. The number of carbonyl (C=O) groups excluding carboxylic acids is 1. The van der Waals surface area contributed by atoms with Gasteiger partial charge in [-0.15, -0.1) is 0 Å². The first-order chi connectivity index (χ1) is 14.7. The first-order valence-electron chi connectivity index (χ1n) is 9.57. The molecule has 3 aromatic rings. The molecule has 0 spiro atoms. The van der Waals surface area contributed by atoms with Crippen molar-refractivity contribution in [3.05, 3.63) is 34.6 Å². The molecule has 10 nitrogen and oxygen atoms in total. The van der Waals surface area contributed by atoms with Crippen molar-refractivity contribution < 1.29 is 19.0 Å². The SMILES string of the molecule is O=C(CSc1nc(-c2ccc3c(c2)OCO3)nc2cc(=O)[nH]n12)NCC1CCCO1. The van der Waals surface area contributed by atoms with Crippen LogP contribution in [0.4, 0.5) is 0 Å². The second-order valence-electron chi connectivity index (χ2n) is 6.94. The number of hydrogen-bond acceptors (Lipinski definition) is 8.